The molecule has 1 fully saturated rings. The summed E-state index contributed by atoms with van der Waals surface area (Å²) in [5.74, 6) is 2.26. The highest BCUT2D eigenvalue weighted by molar-refractivity contribution is 5.38. The summed E-state index contributed by atoms with van der Waals surface area (Å²) >= 11 is 0. The molecule has 0 spiro atoms. The number of nitrogens with one attached hydrogen (secondary N) is 2. The summed E-state index contributed by atoms with van der Waals surface area (Å²) in [6.45, 7) is 0.786. The Morgan fingerprint density at radius 1 is 1.21 bits per heavy atom. The fourth-order valence-electron chi connectivity index (χ4n) is 3.04. The molecule has 1 saturated carbocycles. The Kier molecular flexibility index (Phi) is 5.82. The minimum absolute atomic E-state index is 0.479. The van der Waals surface area contributed by atoms with Crippen molar-refractivity contribution >= 4 is 11.8 Å². The lowest BCUT2D eigenvalue weighted by molar-refractivity contribution is 0.414. The van der Waals surface area contributed by atoms with Crippen LogP contribution in [0.4, 0.5) is 11.8 Å². The first-order valence-corrected chi connectivity index (χ1v) is 8.66. The first-order valence-electron chi connectivity index (χ1n) is 8.66. The molecule has 6 nitrogen and oxygen atoms in total. The Morgan fingerprint density at radius 3 is 2.92 bits per heavy atom. The third kappa shape index (κ3) is 4.81. The zero-order valence-electron chi connectivity index (χ0n) is 14.2. The lowest BCUT2D eigenvalue weighted by atomic mass is 9.96. The summed E-state index contributed by atoms with van der Waals surface area (Å²) in [5, 5.41) is 14.9. The number of nitrogens with zero attached hydrogens (tertiary/aromatic N) is 3. The largest absolute Gasteiger partial charge is 0.497 e. The van der Waals surface area contributed by atoms with Gasteiger partial charge in [-0.05, 0) is 37.0 Å². The molecule has 128 valence electrons. The van der Waals surface area contributed by atoms with Crippen LogP contribution in [0.2, 0.25) is 0 Å². The molecule has 24 heavy (non-hydrogen) atoms. The van der Waals surface area contributed by atoms with Gasteiger partial charge < -0.3 is 15.4 Å². The number of ether oxygens (including phenoxy) is 1. The standard InChI is InChI=1S/C18H25N5O/c1-24-16-9-5-6-14(12-16)10-11-19-17-13-20-23-18(22-17)21-15-7-3-2-4-8-15/h5-6,9,12-13,15H,2-4,7-8,10-11H2,1H3,(H2,19,21,22,23). The molecule has 1 aliphatic carbocycles. The Bertz CT molecular complexity index is 643. The SMILES string of the molecule is COc1cccc(CCNc2cnnc(NC3CCCCC3)n2)c1. The van der Waals surface area contributed by atoms with Gasteiger partial charge in [0.15, 0.2) is 5.82 Å². The van der Waals surface area contributed by atoms with Crippen LogP contribution in [0.15, 0.2) is 30.5 Å². The van der Waals surface area contributed by atoms with Crippen molar-refractivity contribution in [1.29, 1.82) is 0 Å². The molecule has 3 rings (SSSR count). The molecule has 0 aliphatic heterocycles. The van der Waals surface area contributed by atoms with Gasteiger partial charge in [-0.3, -0.25) is 0 Å². The normalized spacial score (nSPS) is 15.0. The van der Waals surface area contributed by atoms with Gasteiger partial charge in [-0.25, -0.2) is 0 Å². The van der Waals surface area contributed by atoms with Crippen molar-refractivity contribution in [3.63, 3.8) is 0 Å². The molecule has 6 heteroatoms. The highest BCUT2D eigenvalue weighted by Crippen LogP contribution is 2.20. The predicted octanol–water partition coefficient (Wildman–Crippen LogP) is 3.28. The zero-order chi connectivity index (χ0) is 16.6. The monoisotopic (exact) mass is 327 g/mol. The average Bonchev–Trinajstić information content (AvgIpc) is 2.63. The predicted molar refractivity (Wildman–Crippen MR) is 95.5 cm³/mol. The summed E-state index contributed by atoms with van der Waals surface area (Å²) < 4.78 is 5.25. The molecule has 0 saturated heterocycles. The Morgan fingerprint density at radius 2 is 2.08 bits per heavy atom. The van der Waals surface area contributed by atoms with E-state index in [1.165, 1.54) is 37.7 Å². The minimum Gasteiger partial charge on any atom is -0.497 e. The van der Waals surface area contributed by atoms with Crippen molar-refractivity contribution in [3.05, 3.63) is 36.0 Å². The van der Waals surface area contributed by atoms with Gasteiger partial charge in [0.25, 0.3) is 0 Å². The van der Waals surface area contributed by atoms with E-state index in [1.807, 2.05) is 12.1 Å². The Labute approximate surface area is 143 Å². The second-order valence-electron chi connectivity index (χ2n) is 6.17. The molecular weight excluding hydrogens is 302 g/mol. The quantitative estimate of drug-likeness (QED) is 0.813. The maximum Gasteiger partial charge on any atom is 0.244 e. The van der Waals surface area contributed by atoms with Crippen molar-refractivity contribution < 1.29 is 4.74 Å². The van der Waals surface area contributed by atoms with E-state index in [9.17, 15) is 0 Å². The van der Waals surface area contributed by atoms with E-state index in [2.05, 4.69) is 37.9 Å². The topological polar surface area (TPSA) is 72.0 Å². The number of hydrogen-bond donors (Lipinski definition) is 2. The highest BCUT2D eigenvalue weighted by atomic mass is 16.5. The van der Waals surface area contributed by atoms with E-state index in [4.69, 9.17) is 4.74 Å². The second-order valence-corrected chi connectivity index (χ2v) is 6.17. The van der Waals surface area contributed by atoms with Crippen molar-refractivity contribution in [3.8, 4) is 5.75 Å². The van der Waals surface area contributed by atoms with Gasteiger partial charge in [0.2, 0.25) is 5.95 Å². The summed E-state index contributed by atoms with van der Waals surface area (Å²) in [7, 11) is 1.69. The van der Waals surface area contributed by atoms with Crippen LogP contribution < -0.4 is 15.4 Å². The molecular formula is C18H25N5O. The van der Waals surface area contributed by atoms with Crippen LogP contribution in [-0.4, -0.2) is 34.9 Å². The minimum atomic E-state index is 0.479. The summed E-state index contributed by atoms with van der Waals surface area (Å²) in [5.41, 5.74) is 1.23. The van der Waals surface area contributed by atoms with Crippen molar-refractivity contribution in [2.45, 2.75) is 44.6 Å². The first-order chi connectivity index (χ1) is 11.8. The second kappa shape index (κ2) is 8.47. The molecule has 0 unspecified atom stereocenters. The lowest BCUT2D eigenvalue weighted by Crippen LogP contribution is -2.24. The fraction of sp³-hybridized carbons (Fsp3) is 0.500. The first kappa shape index (κ1) is 16.5. The van der Waals surface area contributed by atoms with Crippen LogP contribution in [0, 0.1) is 0 Å². The maximum absolute atomic E-state index is 5.25. The molecule has 0 radical (unpaired) electrons. The van der Waals surface area contributed by atoms with E-state index in [-0.39, 0.29) is 0 Å². The molecule has 0 bridgehead atoms. The summed E-state index contributed by atoms with van der Waals surface area (Å²) in [4.78, 5) is 4.51. The number of methoxy groups -OCH3 is 1. The van der Waals surface area contributed by atoms with Crippen molar-refractivity contribution in [1.82, 2.24) is 15.2 Å². The molecule has 1 aliphatic rings. The van der Waals surface area contributed by atoms with E-state index >= 15 is 0 Å². The third-order valence-corrected chi connectivity index (χ3v) is 4.35. The Balaban J connectivity index is 1.50. The molecule has 2 N–H and O–H groups in total. The van der Waals surface area contributed by atoms with Crippen molar-refractivity contribution in [2.24, 2.45) is 0 Å². The number of aromatic nitrogens is 3. The maximum atomic E-state index is 5.25. The van der Waals surface area contributed by atoms with Gasteiger partial charge in [0, 0.05) is 12.6 Å². The van der Waals surface area contributed by atoms with Crippen LogP contribution in [-0.2, 0) is 6.42 Å². The van der Waals surface area contributed by atoms with Gasteiger partial charge in [-0.15, -0.1) is 5.10 Å². The molecule has 1 aromatic carbocycles. The number of hydrogen-bond acceptors (Lipinski definition) is 6. The molecule has 1 aromatic heterocycles. The number of benzene rings is 1. The highest BCUT2D eigenvalue weighted by Gasteiger charge is 2.14. The van der Waals surface area contributed by atoms with Crippen LogP contribution in [0.1, 0.15) is 37.7 Å². The molecule has 2 aromatic rings. The smallest absolute Gasteiger partial charge is 0.244 e. The molecule has 0 atom stereocenters. The van der Waals surface area contributed by atoms with Crippen LogP contribution in [0.3, 0.4) is 0 Å². The Hall–Kier alpha value is -2.37. The van der Waals surface area contributed by atoms with Crippen LogP contribution in [0.5, 0.6) is 5.75 Å². The number of rotatable bonds is 7. The van der Waals surface area contributed by atoms with E-state index in [0.717, 1.165) is 24.5 Å². The average molecular weight is 327 g/mol. The third-order valence-electron chi connectivity index (χ3n) is 4.35. The van der Waals surface area contributed by atoms with Gasteiger partial charge in [-0.2, -0.15) is 10.1 Å². The van der Waals surface area contributed by atoms with E-state index in [0.29, 0.717) is 12.0 Å². The molecule has 0 amide bonds. The number of anilines is 2. The zero-order valence-corrected chi connectivity index (χ0v) is 14.2. The lowest BCUT2D eigenvalue weighted by Gasteiger charge is -2.22. The fourth-order valence-corrected chi connectivity index (χ4v) is 3.04. The van der Waals surface area contributed by atoms with Crippen LogP contribution >= 0.6 is 0 Å². The van der Waals surface area contributed by atoms with Crippen LogP contribution in [0.25, 0.3) is 0 Å². The van der Waals surface area contributed by atoms with Gasteiger partial charge in [0.05, 0.1) is 13.3 Å². The van der Waals surface area contributed by atoms with E-state index in [1.54, 1.807) is 13.3 Å². The summed E-state index contributed by atoms with van der Waals surface area (Å²) in [6, 6.07) is 8.59. The summed E-state index contributed by atoms with van der Waals surface area (Å²) in [6.07, 6.45) is 8.84. The molecule has 1 heterocycles. The van der Waals surface area contributed by atoms with Gasteiger partial charge in [0.1, 0.15) is 5.75 Å². The van der Waals surface area contributed by atoms with Crippen molar-refractivity contribution in [2.75, 3.05) is 24.3 Å². The van der Waals surface area contributed by atoms with Gasteiger partial charge in [-0.1, -0.05) is 31.4 Å². The van der Waals surface area contributed by atoms with E-state index < -0.39 is 0 Å². The van der Waals surface area contributed by atoms with Gasteiger partial charge >= 0.3 is 0 Å².